The maximum absolute atomic E-state index is 11.3. The largest absolute Gasteiger partial charge is 0.465 e. The Morgan fingerprint density at radius 1 is 1.47 bits per heavy atom. The molecule has 6 heteroatoms. The van der Waals surface area contributed by atoms with E-state index in [1.807, 2.05) is 0 Å². The van der Waals surface area contributed by atoms with E-state index in [-0.39, 0.29) is 0 Å². The lowest BCUT2D eigenvalue weighted by molar-refractivity contribution is -0.137. The number of ether oxygens (including phenoxy) is 3. The van der Waals surface area contributed by atoms with Crippen LogP contribution < -0.4 is 4.74 Å². The first kappa shape index (κ1) is 13.2. The Morgan fingerprint density at radius 3 is 2.88 bits per heavy atom. The highest BCUT2D eigenvalue weighted by molar-refractivity contribution is 7.12. The van der Waals surface area contributed by atoms with Crippen molar-refractivity contribution >= 4 is 23.3 Å². The lowest BCUT2D eigenvalue weighted by Crippen LogP contribution is -2.01. The number of hydrogen-bond donors (Lipinski definition) is 0. The number of carbonyl (C=O) groups excluding carboxylic acids is 2. The zero-order valence-corrected chi connectivity index (χ0v) is 10.3. The molecular weight excluding hydrogens is 244 g/mol. The average molecular weight is 256 g/mol. The molecule has 0 aromatic carbocycles. The third-order valence-corrected chi connectivity index (χ3v) is 2.56. The average Bonchev–Trinajstić information content (AvgIpc) is 2.77. The number of thiophene rings is 1. The van der Waals surface area contributed by atoms with E-state index < -0.39 is 11.9 Å². The van der Waals surface area contributed by atoms with Gasteiger partial charge in [-0.15, -0.1) is 11.3 Å². The highest BCUT2D eigenvalue weighted by atomic mass is 32.1. The summed E-state index contributed by atoms with van der Waals surface area (Å²) in [7, 11) is 1.29. The van der Waals surface area contributed by atoms with Gasteiger partial charge in [-0.3, -0.25) is 0 Å². The van der Waals surface area contributed by atoms with Crippen molar-refractivity contribution in [3.8, 4) is 5.75 Å². The Hall–Kier alpha value is -1.82. The molecule has 92 valence electrons. The van der Waals surface area contributed by atoms with Crippen molar-refractivity contribution in [2.45, 2.75) is 6.92 Å². The molecule has 0 unspecified atom stereocenters. The van der Waals surface area contributed by atoms with Gasteiger partial charge in [0.05, 0.1) is 26.1 Å². The van der Waals surface area contributed by atoms with Crippen molar-refractivity contribution in [3.05, 3.63) is 28.7 Å². The number of carbonyl (C=O) groups is 2. The van der Waals surface area contributed by atoms with Crippen LogP contribution >= 0.6 is 11.3 Å². The summed E-state index contributed by atoms with van der Waals surface area (Å²) in [6.45, 7) is 2.01. The summed E-state index contributed by atoms with van der Waals surface area (Å²) < 4.78 is 14.4. The van der Waals surface area contributed by atoms with Crippen molar-refractivity contribution in [1.29, 1.82) is 0 Å². The second-order valence-electron chi connectivity index (χ2n) is 2.78. The van der Waals surface area contributed by atoms with Crippen molar-refractivity contribution in [2.75, 3.05) is 13.7 Å². The minimum atomic E-state index is -0.498. The van der Waals surface area contributed by atoms with E-state index in [1.165, 1.54) is 24.7 Å². The molecule has 0 N–H and O–H groups in total. The molecule has 0 amide bonds. The van der Waals surface area contributed by atoms with Crippen molar-refractivity contribution < 1.29 is 23.8 Å². The second-order valence-corrected chi connectivity index (χ2v) is 3.69. The van der Waals surface area contributed by atoms with Gasteiger partial charge in [-0.25, -0.2) is 9.59 Å². The number of hydrogen-bond acceptors (Lipinski definition) is 6. The smallest absolute Gasteiger partial charge is 0.351 e. The quantitative estimate of drug-likeness (QED) is 0.458. The highest BCUT2D eigenvalue weighted by Crippen LogP contribution is 2.25. The Balaban J connectivity index is 2.61. The Morgan fingerprint density at radius 2 is 2.24 bits per heavy atom. The standard InChI is InChI=1S/C11H12O5S/c1-3-15-9(12)4-6-16-8-5-7-17-10(8)11(13)14-2/h4-7H,3H2,1-2H3/b6-4-. The fourth-order valence-corrected chi connectivity index (χ4v) is 1.72. The molecule has 0 aliphatic rings. The first-order valence-electron chi connectivity index (χ1n) is 4.84. The molecule has 1 heterocycles. The highest BCUT2D eigenvalue weighted by Gasteiger charge is 2.14. The van der Waals surface area contributed by atoms with Crippen LogP contribution in [-0.2, 0) is 14.3 Å². The van der Waals surface area contributed by atoms with E-state index in [1.54, 1.807) is 18.4 Å². The molecule has 0 bridgehead atoms. The van der Waals surface area contributed by atoms with Crippen LogP contribution in [0.3, 0.4) is 0 Å². The van der Waals surface area contributed by atoms with Crippen LogP contribution in [0.2, 0.25) is 0 Å². The van der Waals surface area contributed by atoms with Crippen LogP contribution in [-0.4, -0.2) is 25.7 Å². The monoisotopic (exact) mass is 256 g/mol. The van der Waals surface area contributed by atoms with Crippen LogP contribution in [0.1, 0.15) is 16.6 Å². The predicted molar refractivity (Wildman–Crippen MR) is 62.1 cm³/mol. The summed E-state index contributed by atoms with van der Waals surface area (Å²) in [5, 5.41) is 1.69. The maximum atomic E-state index is 11.3. The predicted octanol–water partition coefficient (Wildman–Crippen LogP) is 1.99. The van der Waals surface area contributed by atoms with Crippen molar-refractivity contribution in [3.63, 3.8) is 0 Å². The topological polar surface area (TPSA) is 61.8 Å². The van der Waals surface area contributed by atoms with E-state index in [2.05, 4.69) is 9.47 Å². The van der Waals surface area contributed by atoms with Crippen molar-refractivity contribution in [1.82, 2.24) is 0 Å². The van der Waals surface area contributed by atoms with Crippen LogP contribution in [0.4, 0.5) is 0 Å². The van der Waals surface area contributed by atoms with E-state index >= 15 is 0 Å². The van der Waals surface area contributed by atoms with Gasteiger partial charge < -0.3 is 14.2 Å². The summed E-state index contributed by atoms with van der Waals surface area (Å²) in [4.78, 5) is 22.6. The maximum Gasteiger partial charge on any atom is 0.351 e. The molecule has 0 saturated heterocycles. The number of esters is 2. The Kier molecular flexibility index (Phi) is 5.22. The molecule has 0 aliphatic carbocycles. The fourth-order valence-electron chi connectivity index (χ4n) is 0.985. The van der Waals surface area contributed by atoms with Gasteiger partial charge in [0, 0.05) is 0 Å². The summed E-state index contributed by atoms with van der Waals surface area (Å²) in [6, 6.07) is 1.62. The number of rotatable bonds is 5. The van der Waals surface area contributed by atoms with Gasteiger partial charge in [0.1, 0.15) is 0 Å². The first-order valence-corrected chi connectivity index (χ1v) is 5.72. The molecule has 0 atom stereocenters. The zero-order chi connectivity index (χ0) is 12.7. The lowest BCUT2D eigenvalue weighted by Gasteiger charge is -2.00. The third-order valence-electron chi connectivity index (χ3n) is 1.69. The Bertz CT molecular complexity index is 421. The van der Waals surface area contributed by atoms with Gasteiger partial charge in [-0.05, 0) is 18.4 Å². The van der Waals surface area contributed by atoms with Crippen LogP contribution in [0.15, 0.2) is 23.8 Å². The van der Waals surface area contributed by atoms with Gasteiger partial charge in [-0.1, -0.05) is 0 Å². The minimum absolute atomic E-state index is 0.301. The first-order chi connectivity index (χ1) is 8.19. The summed E-state index contributed by atoms with van der Waals surface area (Å²) >= 11 is 1.20. The molecule has 0 fully saturated rings. The molecule has 1 aromatic rings. The number of methoxy groups -OCH3 is 1. The lowest BCUT2D eigenvalue weighted by atomic mass is 10.4. The minimum Gasteiger partial charge on any atom is -0.465 e. The second kappa shape index (κ2) is 6.70. The molecule has 1 aromatic heterocycles. The molecule has 17 heavy (non-hydrogen) atoms. The molecule has 0 spiro atoms. The Labute approximate surface area is 103 Å². The molecule has 0 saturated carbocycles. The summed E-state index contributed by atoms with van der Waals surface area (Å²) in [5.74, 6) is -0.621. The summed E-state index contributed by atoms with van der Waals surface area (Å²) in [5.41, 5.74) is 0. The normalized spacial score (nSPS) is 10.2. The van der Waals surface area contributed by atoms with E-state index in [0.29, 0.717) is 17.2 Å². The van der Waals surface area contributed by atoms with Gasteiger partial charge in [0.15, 0.2) is 10.6 Å². The van der Waals surface area contributed by atoms with Crippen molar-refractivity contribution in [2.24, 2.45) is 0 Å². The molecule has 0 radical (unpaired) electrons. The van der Waals surface area contributed by atoms with Crippen LogP contribution in [0, 0.1) is 0 Å². The molecule has 0 aliphatic heterocycles. The molecule has 1 rings (SSSR count). The van der Waals surface area contributed by atoms with Gasteiger partial charge >= 0.3 is 11.9 Å². The molecule has 5 nitrogen and oxygen atoms in total. The SMILES string of the molecule is CCOC(=O)/C=C\Oc1ccsc1C(=O)OC. The third kappa shape index (κ3) is 3.92. The summed E-state index contributed by atoms with van der Waals surface area (Å²) in [6.07, 6.45) is 2.31. The zero-order valence-electron chi connectivity index (χ0n) is 9.47. The van der Waals surface area contributed by atoms with Crippen LogP contribution in [0.25, 0.3) is 0 Å². The van der Waals surface area contributed by atoms with E-state index in [4.69, 9.17) is 4.74 Å². The van der Waals surface area contributed by atoms with E-state index in [9.17, 15) is 9.59 Å². The van der Waals surface area contributed by atoms with E-state index in [0.717, 1.165) is 6.08 Å². The fraction of sp³-hybridized carbons (Fsp3) is 0.273. The molecular formula is C11H12O5S. The van der Waals surface area contributed by atoms with Gasteiger partial charge in [-0.2, -0.15) is 0 Å². The van der Waals surface area contributed by atoms with Gasteiger partial charge in [0.2, 0.25) is 0 Å². The van der Waals surface area contributed by atoms with Gasteiger partial charge in [0.25, 0.3) is 0 Å². The van der Waals surface area contributed by atoms with Crippen LogP contribution in [0.5, 0.6) is 5.75 Å².